The van der Waals surface area contributed by atoms with Crippen molar-refractivity contribution >= 4 is 5.91 Å². The molecule has 0 radical (unpaired) electrons. The molecule has 0 spiro atoms. The lowest BCUT2D eigenvalue weighted by Crippen LogP contribution is -2.48. The Morgan fingerprint density at radius 2 is 1.72 bits per heavy atom. The van der Waals surface area contributed by atoms with E-state index in [4.69, 9.17) is 4.74 Å². The molecule has 1 aliphatic heterocycles. The van der Waals surface area contributed by atoms with Crippen molar-refractivity contribution in [3.63, 3.8) is 0 Å². The number of piperazine rings is 1. The first kappa shape index (κ1) is 17.5. The van der Waals surface area contributed by atoms with Crippen LogP contribution in [-0.2, 0) is 6.54 Å². The average molecular weight is 338 g/mol. The molecule has 25 heavy (non-hydrogen) atoms. The topological polar surface area (TPSA) is 32.8 Å². The summed E-state index contributed by atoms with van der Waals surface area (Å²) in [5, 5.41) is 0. The van der Waals surface area contributed by atoms with Crippen LogP contribution in [0.1, 0.15) is 27.0 Å². The Morgan fingerprint density at radius 1 is 1.00 bits per heavy atom. The molecule has 0 aromatic heterocycles. The van der Waals surface area contributed by atoms with Gasteiger partial charge in [0.25, 0.3) is 5.91 Å². The summed E-state index contributed by atoms with van der Waals surface area (Å²) in [5.41, 5.74) is 4.32. The predicted molar refractivity (Wildman–Crippen MR) is 100 cm³/mol. The summed E-state index contributed by atoms with van der Waals surface area (Å²) < 4.78 is 5.32. The van der Waals surface area contributed by atoms with Crippen LogP contribution in [-0.4, -0.2) is 49.0 Å². The summed E-state index contributed by atoms with van der Waals surface area (Å²) >= 11 is 0. The number of hydrogen-bond donors (Lipinski definition) is 0. The Hall–Kier alpha value is -2.33. The first-order chi connectivity index (χ1) is 12.1. The first-order valence-corrected chi connectivity index (χ1v) is 8.79. The van der Waals surface area contributed by atoms with Gasteiger partial charge in [0.15, 0.2) is 0 Å². The third-order valence-corrected chi connectivity index (χ3v) is 4.90. The van der Waals surface area contributed by atoms with Gasteiger partial charge in [-0.05, 0) is 42.7 Å². The van der Waals surface area contributed by atoms with Crippen molar-refractivity contribution in [2.45, 2.75) is 20.4 Å². The minimum Gasteiger partial charge on any atom is -0.496 e. The molecule has 0 unspecified atom stereocenters. The number of benzene rings is 2. The SMILES string of the molecule is COc1ccc(CN2CCN(C(=O)c3ccccc3C)CC2)cc1C. The highest BCUT2D eigenvalue weighted by Gasteiger charge is 2.23. The van der Waals surface area contributed by atoms with Gasteiger partial charge in [0.1, 0.15) is 5.75 Å². The summed E-state index contributed by atoms with van der Waals surface area (Å²) in [7, 11) is 1.70. The highest BCUT2D eigenvalue weighted by molar-refractivity contribution is 5.95. The van der Waals surface area contributed by atoms with Crippen LogP contribution in [0.3, 0.4) is 0 Å². The number of carbonyl (C=O) groups excluding carboxylic acids is 1. The molecular formula is C21H26N2O2. The van der Waals surface area contributed by atoms with Gasteiger partial charge in [0, 0.05) is 38.3 Å². The van der Waals surface area contributed by atoms with Crippen LogP contribution in [0.5, 0.6) is 5.75 Å². The number of carbonyl (C=O) groups is 1. The van der Waals surface area contributed by atoms with Crippen molar-refractivity contribution in [3.05, 3.63) is 64.7 Å². The van der Waals surface area contributed by atoms with Crippen LogP contribution in [0, 0.1) is 13.8 Å². The zero-order valence-corrected chi connectivity index (χ0v) is 15.3. The second-order valence-corrected chi connectivity index (χ2v) is 6.69. The molecular weight excluding hydrogens is 312 g/mol. The normalized spacial score (nSPS) is 15.2. The smallest absolute Gasteiger partial charge is 0.254 e. The molecule has 1 fully saturated rings. The number of methoxy groups -OCH3 is 1. The van der Waals surface area contributed by atoms with Gasteiger partial charge >= 0.3 is 0 Å². The van der Waals surface area contributed by atoms with E-state index in [-0.39, 0.29) is 5.91 Å². The summed E-state index contributed by atoms with van der Waals surface area (Å²) in [6, 6.07) is 14.2. The number of nitrogens with zero attached hydrogens (tertiary/aromatic N) is 2. The van der Waals surface area contributed by atoms with E-state index < -0.39 is 0 Å². The van der Waals surface area contributed by atoms with Crippen molar-refractivity contribution < 1.29 is 9.53 Å². The fraction of sp³-hybridized carbons (Fsp3) is 0.381. The molecule has 0 aliphatic carbocycles. The highest BCUT2D eigenvalue weighted by atomic mass is 16.5. The molecule has 0 atom stereocenters. The second kappa shape index (κ2) is 7.70. The van der Waals surface area contributed by atoms with Gasteiger partial charge in [0.2, 0.25) is 0 Å². The van der Waals surface area contributed by atoms with Gasteiger partial charge < -0.3 is 9.64 Å². The van der Waals surface area contributed by atoms with E-state index in [1.54, 1.807) is 7.11 Å². The van der Waals surface area contributed by atoms with Gasteiger partial charge in [-0.3, -0.25) is 9.69 Å². The van der Waals surface area contributed by atoms with Crippen LogP contribution in [0.4, 0.5) is 0 Å². The van der Waals surface area contributed by atoms with Crippen molar-refractivity contribution in [2.75, 3.05) is 33.3 Å². The quantitative estimate of drug-likeness (QED) is 0.858. The van der Waals surface area contributed by atoms with Crippen molar-refractivity contribution in [3.8, 4) is 5.75 Å². The largest absolute Gasteiger partial charge is 0.496 e. The predicted octanol–water partition coefficient (Wildman–Crippen LogP) is 3.27. The van der Waals surface area contributed by atoms with Gasteiger partial charge in [-0.25, -0.2) is 0 Å². The van der Waals surface area contributed by atoms with E-state index >= 15 is 0 Å². The molecule has 0 saturated carbocycles. The Morgan fingerprint density at radius 3 is 2.36 bits per heavy atom. The molecule has 4 heteroatoms. The van der Waals surface area contributed by atoms with Crippen molar-refractivity contribution in [2.24, 2.45) is 0 Å². The highest BCUT2D eigenvalue weighted by Crippen LogP contribution is 2.20. The molecule has 132 valence electrons. The summed E-state index contributed by atoms with van der Waals surface area (Å²) in [6.07, 6.45) is 0. The van der Waals surface area contributed by atoms with Crippen LogP contribution >= 0.6 is 0 Å². The van der Waals surface area contributed by atoms with Gasteiger partial charge in [-0.15, -0.1) is 0 Å². The molecule has 2 aromatic carbocycles. The Labute approximate surface area is 150 Å². The minimum atomic E-state index is 0.151. The molecule has 2 aromatic rings. The second-order valence-electron chi connectivity index (χ2n) is 6.69. The van der Waals surface area contributed by atoms with Gasteiger partial charge in [0.05, 0.1) is 7.11 Å². The average Bonchev–Trinajstić information content (AvgIpc) is 2.62. The summed E-state index contributed by atoms with van der Waals surface area (Å²) in [5.74, 6) is 1.08. The molecule has 1 amide bonds. The van der Waals surface area contributed by atoms with Crippen LogP contribution in [0.25, 0.3) is 0 Å². The Bertz CT molecular complexity index is 749. The fourth-order valence-electron chi connectivity index (χ4n) is 3.39. The third kappa shape index (κ3) is 4.02. The minimum absolute atomic E-state index is 0.151. The number of ether oxygens (including phenoxy) is 1. The third-order valence-electron chi connectivity index (χ3n) is 4.90. The van der Waals surface area contributed by atoms with E-state index in [0.29, 0.717) is 0 Å². The molecule has 4 nitrogen and oxygen atoms in total. The number of hydrogen-bond acceptors (Lipinski definition) is 3. The van der Waals surface area contributed by atoms with E-state index in [1.165, 1.54) is 5.56 Å². The van der Waals surface area contributed by atoms with Gasteiger partial charge in [-0.2, -0.15) is 0 Å². The maximum Gasteiger partial charge on any atom is 0.254 e. The molecule has 0 bridgehead atoms. The molecule has 0 N–H and O–H groups in total. The van der Waals surface area contributed by atoms with Gasteiger partial charge in [-0.1, -0.05) is 30.3 Å². The maximum atomic E-state index is 12.7. The van der Waals surface area contributed by atoms with E-state index in [1.807, 2.05) is 42.2 Å². The van der Waals surface area contributed by atoms with E-state index in [2.05, 4.69) is 24.0 Å². The lowest BCUT2D eigenvalue weighted by Gasteiger charge is -2.35. The van der Waals surface area contributed by atoms with Crippen molar-refractivity contribution in [1.82, 2.24) is 9.80 Å². The standard InChI is InChI=1S/C21H26N2O2/c1-16-6-4-5-7-19(16)21(24)23-12-10-22(11-13-23)15-18-8-9-20(25-3)17(2)14-18/h4-9,14H,10-13,15H2,1-3H3. The molecule has 3 rings (SSSR count). The van der Waals surface area contributed by atoms with Crippen LogP contribution < -0.4 is 4.74 Å². The van der Waals surface area contributed by atoms with Crippen LogP contribution in [0.15, 0.2) is 42.5 Å². The zero-order chi connectivity index (χ0) is 17.8. The maximum absolute atomic E-state index is 12.7. The number of aryl methyl sites for hydroxylation is 2. The number of amides is 1. The lowest BCUT2D eigenvalue weighted by atomic mass is 10.1. The lowest BCUT2D eigenvalue weighted by molar-refractivity contribution is 0.0627. The molecule has 1 aliphatic rings. The van der Waals surface area contributed by atoms with Crippen molar-refractivity contribution in [1.29, 1.82) is 0 Å². The zero-order valence-electron chi connectivity index (χ0n) is 15.3. The number of rotatable bonds is 4. The molecule has 1 saturated heterocycles. The molecule has 1 heterocycles. The summed E-state index contributed by atoms with van der Waals surface area (Å²) in [6.45, 7) is 8.35. The Balaban J connectivity index is 1.58. The fourth-order valence-corrected chi connectivity index (χ4v) is 3.39. The van der Waals surface area contributed by atoms with E-state index in [9.17, 15) is 4.79 Å². The van der Waals surface area contributed by atoms with E-state index in [0.717, 1.165) is 55.2 Å². The summed E-state index contributed by atoms with van der Waals surface area (Å²) in [4.78, 5) is 17.1. The first-order valence-electron chi connectivity index (χ1n) is 8.79. The Kier molecular flexibility index (Phi) is 5.39. The monoisotopic (exact) mass is 338 g/mol. The van der Waals surface area contributed by atoms with Crippen LogP contribution in [0.2, 0.25) is 0 Å².